The molecule has 0 aromatic rings. The van der Waals surface area contributed by atoms with Gasteiger partial charge in [0, 0.05) is 6.04 Å². The Kier molecular flexibility index (Phi) is 5.08. The van der Waals surface area contributed by atoms with E-state index in [1.54, 1.807) is 6.92 Å². The zero-order valence-corrected chi connectivity index (χ0v) is 9.79. The number of hydrogen-bond donors (Lipinski definition) is 3. The highest BCUT2D eigenvalue weighted by atomic mass is 16.2. The summed E-state index contributed by atoms with van der Waals surface area (Å²) in [7, 11) is 0. The molecule has 0 bridgehead atoms. The molecule has 1 fully saturated rings. The van der Waals surface area contributed by atoms with E-state index in [0.717, 1.165) is 12.8 Å². The van der Waals surface area contributed by atoms with Crippen molar-refractivity contribution in [1.29, 1.82) is 0 Å². The molecule has 16 heavy (non-hydrogen) atoms. The predicted molar refractivity (Wildman–Crippen MR) is 61.8 cm³/mol. The van der Waals surface area contributed by atoms with Crippen LogP contribution in [0.2, 0.25) is 0 Å². The van der Waals surface area contributed by atoms with Crippen LogP contribution in [-0.4, -0.2) is 24.0 Å². The van der Waals surface area contributed by atoms with Gasteiger partial charge in [0.2, 0.25) is 5.91 Å². The Morgan fingerprint density at radius 2 is 1.75 bits per heavy atom. The fourth-order valence-corrected chi connectivity index (χ4v) is 2.03. The van der Waals surface area contributed by atoms with E-state index in [1.165, 1.54) is 25.7 Å². The molecule has 92 valence electrons. The van der Waals surface area contributed by atoms with E-state index in [-0.39, 0.29) is 11.9 Å². The summed E-state index contributed by atoms with van der Waals surface area (Å²) in [6, 6.07) is -0.962. The molecule has 0 aliphatic heterocycles. The first-order valence-corrected chi connectivity index (χ1v) is 5.96. The van der Waals surface area contributed by atoms with E-state index in [2.05, 4.69) is 10.6 Å². The molecule has 4 N–H and O–H groups in total. The monoisotopic (exact) mass is 227 g/mol. The molecule has 0 aromatic carbocycles. The molecule has 1 aliphatic carbocycles. The third-order valence-corrected chi connectivity index (χ3v) is 2.95. The van der Waals surface area contributed by atoms with Gasteiger partial charge in [0.25, 0.3) is 0 Å². The quantitative estimate of drug-likeness (QED) is 0.625. The zero-order valence-electron chi connectivity index (χ0n) is 9.79. The first kappa shape index (κ1) is 12.8. The van der Waals surface area contributed by atoms with Gasteiger partial charge in [0.05, 0.1) is 0 Å². The highest BCUT2D eigenvalue weighted by molar-refractivity contribution is 5.86. The largest absolute Gasteiger partial charge is 0.352 e. The Labute approximate surface area is 96.1 Å². The van der Waals surface area contributed by atoms with Gasteiger partial charge in [0.1, 0.15) is 6.04 Å². The molecule has 0 unspecified atom stereocenters. The summed E-state index contributed by atoms with van der Waals surface area (Å²) >= 11 is 0. The maximum Gasteiger partial charge on any atom is 0.312 e. The predicted octanol–water partition coefficient (Wildman–Crippen LogP) is 0.882. The summed E-state index contributed by atoms with van der Waals surface area (Å²) < 4.78 is 0. The van der Waals surface area contributed by atoms with E-state index in [4.69, 9.17) is 5.73 Å². The Hall–Kier alpha value is -1.26. The van der Waals surface area contributed by atoms with Crippen LogP contribution >= 0.6 is 0 Å². The van der Waals surface area contributed by atoms with Gasteiger partial charge in [-0.2, -0.15) is 0 Å². The molecule has 1 saturated carbocycles. The normalized spacial score (nSPS) is 19.6. The Morgan fingerprint density at radius 1 is 1.19 bits per heavy atom. The maximum absolute atomic E-state index is 11.7. The van der Waals surface area contributed by atoms with Crippen molar-refractivity contribution in [3.8, 4) is 0 Å². The highest BCUT2D eigenvalue weighted by Gasteiger charge is 2.19. The van der Waals surface area contributed by atoms with Gasteiger partial charge in [0.15, 0.2) is 0 Å². The van der Waals surface area contributed by atoms with Gasteiger partial charge in [-0.1, -0.05) is 25.7 Å². The lowest BCUT2D eigenvalue weighted by Gasteiger charge is -2.19. The molecule has 0 spiro atoms. The molecule has 0 heterocycles. The molecular weight excluding hydrogens is 206 g/mol. The lowest BCUT2D eigenvalue weighted by atomic mass is 10.1. The van der Waals surface area contributed by atoms with E-state index in [9.17, 15) is 9.59 Å². The molecule has 1 rings (SSSR count). The van der Waals surface area contributed by atoms with Crippen molar-refractivity contribution in [1.82, 2.24) is 10.6 Å². The number of urea groups is 1. The molecule has 0 radical (unpaired) electrons. The molecule has 0 saturated heterocycles. The first-order chi connectivity index (χ1) is 7.59. The van der Waals surface area contributed by atoms with E-state index >= 15 is 0 Å². The number of rotatable bonds is 3. The lowest BCUT2D eigenvalue weighted by Crippen LogP contribution is -2.49. The summed E-state index contributed by atoms with van der Waals surface area (Å²) in [5.41, 5.74) is 4.96. The molecule has 3 amide bonds. The van der Waals surface area contributed by atoms with Gasteiger partial charge < -0.3 is 16.4 Å². The minimum absolute atomic E-state index is 0.147. The molecule has 5 nitrogen and oxygen atoms in total. The van der Waals surface area contributed by atoms with E-state index < -0.39 is 12.1 Å². The fourth-order valence-electron chi connectivity index (χ4n) is 2.03. The van der Waals surface area contributed by atoms with Crippen molar-refractivity contribution in [2.75, 3.05) is 0 Å². The van der Waals surface area contributed by atoms with Crippen molar-refractivity contribution in [2.24, 2.45) is 5.73 Å². The third-order valence-electron chi connectivity index (χ3n) is 2.95. The van der Waals surface area contributed by atoms with Gasteiger partial charge in [-0.25, -0.2) is 4.79 Å². The van der Waals surface area contributed by atoms with Crippen LogP contribution < -0.4 is 16.4 Å². The molecule has 0 aromatic heterocycles. The average Bonchev–Trinajstić information content (AvgIpc) is 2.45. The minimum Gasteiger partial charge on any atom is -0.352 e. The van der Waals surface area contributed by atoms with Gasteiger partial charge in [-0.05, 0) is 19.8 Å². The number of hydrogen-bond acceptors (Lipinski definition) is 2. The van der Waals surface area contributed by atoms with Crippen LogP contribution in [0.5, 0.6) is 0 Å². The third kappa shape index (κ3) is 4.51. The fraction of sp³-hybridized carbons (Fsp3) is 0.818. The number of amides is 3. The number of carbonyl (C=O) groups excluding carboxylic acids is 2. The Bertz CT molecular complexity index is 248. The van der Waals surface area contributed by atoms with Gasteiger partial charge in [-0.15, -0.1) is 0 Å². The Morgan fingerprint density at radius 3 is 2.25 bits per heavy atom. The van der Waals surface area contributed by atoms with Crippen LogP contribution in [-0.2, 0) is 4.79 Å². The van der Waals surface area contributed by atoms with Crippen molar-refractivity contribution < 1.29 is 9.59 Å². The van der Waals surface area contributed by atoms with Crippen LogP contribution in [0.4, 0.5) is 4.79 Å². The summed E-state index contributed by atoms with van der Waals surface area (Å²) in [4.78, 5) is 22.3. The topological polar surface area (TPSA) is 84.2 Å². The summed E-state index contributed by atoms with van der Waals surface area (Å²) in [6.07, 6.45) is 6.91. The Balaban J connectivity index is 2.34. The van der Waals surface area contributed by atoms with Gasteiger partial charge in [-0.3, -0.25) is 4.79 Å². The van der Waals surface area contributed by atoms with Crippen molar-refractivity contribution in [2.45, 2.75) is 57.5 Å². The maximum atomic E-state index is 11.7. The smallest absolute Gasteiger partial charge is 0.312 e. The van der Waals surface area contributed by atoms with Crippen molar-refractivity contribution in [3.05, 3.63) is 0 Å². The van der Waals surface area contributed by atoms with E-state index in [0.29, 0.717) is 0 Å². The zero-order chi connectivity index (χ0) is 12.0. The van der Waals surface area contributed by atoms with Crippen molar-refractivity contribution in [3.63, 3.8) is 0 Å². The van der Waals surface area contributed by atoms with Crippen LogP contribution in [0, 0.1) is 0 Å². The van der Waals surface area contributed by atoms with Crippen LogP contribution in [0.3, 0.4) is 0 Å². The lowest BCUT2D eigenvalue weighted by molar-refractivity contribution is -0.123. The van der Waals surface area contributed by atoms with Crippen molar-refractivity contribution >= 4 is 11.9 Å². The SMILES string of the molecule is C[C@H](NC(N)=O)C(=O)NC1CCCCCC1. The molecule has 1 atom stereocenters. The minimum atomic E-state index is -0.663. The van der Waals surface area contributed by atoms with Crippen LogP contribution in [0.15, 0.2) is 0 Å². The van der Waals surface area contributed by atoms with Crippen LogP contribution in [0.25, 0.3) is 0 Å². The molecule has 1 aliphatic rings. The molecule has 5 heteroatoms. The second-order valence-electron chi connectivity index (χ2n) is 4.43. The number of nitrogens with one attached hydrogen (secondary N) is 2. The highest BCUT2D eigenvalue weighted by Crippen LogP contribution is 2.17. The number of carbonyl (C=O) groups is 2. The summed E-state index contributed by atoms with van der Waals surface area (Å²) in [5.74, 6) is -0.147. The van der Waals surface area contributed by atoms with Gasteiger partial charge >= 0.3 is 6.03 Å². The summed E-state index contributed by atoms with van der Waals surface area (Å²) in [5, 5.41) is 5.33. The standard InChI is InChI=1S/C11H21N3O2/c1-8(13-11(12)16)10(15)14-9-6-4-2-3-5-7-9/h8-9H,2-7H2,1H3,(H,14,15)(H3,12,13,16)/t8-/m0/s1. The number of nitrogens with two attached hydrogens (primary N) is 1. The first-order valence-electron chi connectivity index (χ1n) is 5.96. The second kappa shape index (κ2) is 6.35. The molecular formula is C11H21N3O2. The number of primary amides is 1. The second-order valence-corrected chi connectivity index (χ2v) is 4.43. The van der Waals surface area contributed by atoms with Crippen LogP contribution in [0.1, 0.15) is 45.4 Å². The summed E-state index contributed by atoms with van der Waals surface area (Å²) in [6.45, 7) is 1.64. The van der Waals surface area contributed by atoms with E-state index in [1.807, 2.05) is 0 Å². The average molecular weight is 227 g/mol.